The Hall–Kier alpha value is -2.08. The molecule has 0 spiro atoms. The molecule has 3 heterocycles. The van der Waals surface area contributed by atoms with E-state index in [1.807, 2.05) is 35.2 Å². The second kappa shape index (κ2) is 8.95. The van der Waals surface area contributed by atoms with Crippen LogP contribution < -0.4 is 10.1 Å². The van der Waals surface area contributed by atoms with E-state index < -0.39 is 0 Å². The van der Waals surface area contributed by atoms with Crippen molar-refractivity contribution in [2.75, 3.05) is 45.9 Å². The molecule has 0 radical (unpaired) electrons. The Kier molecular flexibility index (Phi) is 6.15. The van der Waals surface area contributed by atoms with Crippen molar-refractivity contribution < 1.29 is 14.3 Å². The summed E-state index contributed by atoms with van der Waals surface area (Å²) in [7, 11) is 0. The molecule has 3 aliphatic rings. The predicted molar refractivity (Wildman–Crippen MR) is 107 cm³/mol. The lowest BCUT2D eigenvalue weighted by atomic mass is 9.92. The van der Waals surface area contributed by atoms with Crippen LogP contribution in [-0.2, 0) is 9.59 Å². The van der Waals surface area contributed by atoms with Crippen LogP contribution in [0.15, 0.2) is 30.3 Å². The minimum absolute atomic E-state index is 0.00449. The van der Waals surface area contributed by atoms with Crippen LogP contribution in [0.25, 0.3) is 0 Å². The van der Waals surface area contributed by atoms with Gasteiger partial charge in [0.1, 0.15) is 5.75 Å². The van der Waals surface area contributed by atoms with E-state index in [0.717, 1.165) is 63.7 Å². The van der Waals surface area contributed by atoms with Gasteiger partial charge in [-0.15, -0.1) is 0 Å². The Morgan fingerprint density at radius 3 is 2.14 bits per heavy atom. The van der Waals surface area contributed by atoms with Gasteiger partial charge in [0.15, 0.2) is 6.61 Å². The maximum Gasteiger partial charge on any atom is 0.260 e. The van der Waals surface area contributed by atoms with Gasteiger partial charge in [0.05, 0.1) is 0 Å². The molecule has 0 aromatic heterocycles. The van der Waals surface area contributed by atoms with Crippen molar-refractivity contribution in [3.05, 3.63) is 30.3 Å². The highest BCUT2D eigenvalue weighted by Gasteiger charge is 2.34. The number of hydrogen-bond acceptors (Lipinski definition) is 4. The van der Waals surface area contributed by atoms with Crippen molar-refractivity contribution in [2.45, 2.75) is 25.7 Å². The van der Waals surface area contributed by atoms with E-state index in [0.29, 0.717) is 24.7 Å². The molecule has 3 saturated heterocycles. The Morgan fingerprint density at radius 1 is 0.893 bits per heavy atom. The molecule has 1 aromatic carbocycles. The smallest absolute Gasteiger partial charge is 0.260 e. The van der Waals surface area contributed by atoms with Gasteiger partial charge in [0.2, 0.25) is 5.91 Å². The summed E-state index contributed by atoms with van der Waals surface area (Å²) in [4.78, 5) is 29.3. The third-order valence-corrected chi connectivity index (χ3v) is 6.63. The van der Waals surface area contributed by atoms with Gasteiger partial charge in [0, 0.05) is 32.1 Å². The molecule has 1 aromatic rings. The minimum atomic E-state index is 0.00449. The molecule has 152 valence electrons. The Balaban J connectivity index is 1.22. The molecule has 1 N–H and O–H groups in total. The van der Waals surface area contributed by atoms with E-state index in [9.17, 15) is 9.59 Å². The van der Waals surface area contributed by atoms with Crippen LogP contribution in [0.5, 0.6) is 5.75 Å². The molecule has 3 fully saturated rings. The Bertz CT molecular complexity index is 659. The Morgan fingerprint density at radius 2 is 1.50 bits per heavy atom. The van der Waals surface area contributed by atoms with Crippen molar-refractivity contribution in [1.82, 2.24) is 15.1 Å². The predicted octanol–water partition coefficient (Wildman–Crippen LogP) is 1.76. The lowest BCUT2D eigenvalue weighted by molar-refractivity contribution is -0.141. The topological polar surface area (TPSA) is 61.9 Å². The number of likely N-dealkylation sites (tertiary alicyclic amines) is 2. The van der Waals surface area contributed by atoms with E-state index in [-0.39, 0.29) is 18.4 Å². The summed E-state index contributed by atoms with van der Waals surface area (Å²) >= 11 is 0. The molecule has 0 saturated carbocycles. The summed E-state index contributed by atoms with van der Waals surface area (Å²) in [5.41, 5.74) is 0. The van der Waals surface area contributed by atoms with Crippen molar-refractivity contribution in [3.63, 3.8) is 0 Å². The molecule has 6 heteroatoms. The number of ether oxygens (including phenoxy) is 1. The molecule has 2 amide bonds. The monoisotopic (exact) mass is 385 g/mol. The number of amides is 2. The van der Waals surface area contributed by atoms with Gasteiger partial charge in [-0.2, -0.15) is 0 Å². The molecular weight excluding hydrogens is 354 g/mol. The van der Waals surface area contributed by atoms with Crippen LogP contribution in [0.3, 0.4) is 0 Å². The first-order chi connectivity index (χ1) is 13.7. The average Bonchev–Trinajstić information content (AvgIpc) is 3.10. The number of carbonyl (C=O) groups is 2. The van der Waals surface area contributed by atoms with Crippen molar-refractivity contribution in [2.24, 2.45) is 17.8 Å². The van der Waals surface area contributed by atoms with Crippen molar-refractivity contribution in [3.8, 4) is 5.75 Å². The van der Waals surface area contributed by atoms with E-state index in [1.54, 1.807) is 0 Å². The highest BCUT2D eigenvalue weighted by molar-refractivity contribution is 5.80. The fourth-order valence-electron chi connectivity index (χ4n) is 4.83. The van der Waals surface area contributed by atoms with Crippen LogP contribution >= 0.6 is 0 Å². The summed E-state index contributed by atoms with van der Waals surface area (Å²) in [5, 5.41) is 3.48. The van der Waals surface area contributed by atoms with E-state index in [1.165, 1.54) is 0 Å². The zero-order valence-electron chi connectivity index (χ0n) is 16.5. The quantitative estimate of drug-likeness (QED) is 0.858. The van der Waals surface area contributed by atoms with Gasteiger partial charge in [-0.25, -0.2) is 0 Å². The number of piperidine rings is 1. The fraction of sp³-hybridized carbons (Fsp3) is 0.636. The van der Waals surface area contributed by atoms with Crippen LogP contribution in [-0.4, -0.2) is 67.5 Å². The minimum Gasteiger partial charge on any atom is -0.484 e. The molecule has 2 atom stereocenters. The third-order valence-electron chi connectivity index (χ3n) is 6.63. The summed E-state index contributed by atoms with van der Waals surface area (Å²) in [6, 6.07) is 9.41. The lowest BCUT2D eigenvalue weighted by Gasteiger charge is -2.34. The zero-order chi connectivity index (χ0) is 19.3. The normalized spacial score (nSPS) is 25.9. The summed E-state index contributed by atoms with van der Waals surface area (Å²) in [6.07, 6.45) is 3.77. The Labute approximate surface area is 167 Å². The maximum atomic E-state index is 13.0. The summed E-state index contributed by atoms with van der Waals surface area (Å²) in [5.74, 6) is 2.56. The van der Waals surface area contributed by atoms with Gasteiger partial charge < -0.3 is 19.9 Å². The average molecular weight is 386 g/mol. The van der Waals surface area contributed by atoms with E-state index in [2.05, 4.69) is 10.2 Å². The third kappa shape index (κ3) is 4.49. The second-order valence-electron chi connectivity index (χ2n) is 8.34. The highest BCUT2D eigenvalue weighted by atomic mass is 16.5. The molecule has 28 heavy (non-hydrogen) atoms. The first-order valence-corrected chi connectivity index (χ1v) is 10.7. The van der Waals surface area contributed by atoms with Crippen LogP contribution in [0.4, 0.5) is 0 Å². The van der Waals surface area contributed by atoms with Gasteiger partial charge in [0.25, 0.3) is 5.91 Å². The van der Waals surface area contributed by atoms with Gasteiger partial charge >= 0.3 is 0 Å². The van der Waals surface area contributed by atoms with Gasteiger partial charge in [-0.05, 0) is 62.7 Å². The molecular formula is C22H31N3O3. The number of benzene rings is 1. The second-order valence-corrected chi connectivity index (χ2v) is 8.34. The zero-order valence-corrected chi connectivity index (χ0v) is 16.5. The molecule has 0 bridgehead atoms. The van der Waals surface area contributed by atoms with E-state index >= 15 is 0 Å². The summed E-state index contributed by atoms with van der Waals surface area (Å²) in [6.45, 7) is 5.37. The number of fused-ring (bicyclic) bond motifs is 1. The van der Waals surface area contributed by atoms with Crippen LogP contribution in [0.1, 0.15) is 25.7 Å². The number of nitrogens with zero attached hydrogens (tertiary/aromatic N) is 2. The number of nitrogens with one attached hydrogen (secondary N) is 1. The number of rotatable bonds is 4. The van der Waals surface area contributed by atoms with Crippen LogP contribution in [0.2, 0.25) is 0 Å². The SMILES string of the molecule is O=C(COc1ccccc1)N1CCC(C(=O)N2CC[C@@H]3CNC[C@@H]3CC2)CC1. The van der Waals surface area contributed by atoms with Crippen LogP contribution in [0, 0.1) is 17.8 Å². The standard InChI is InChI=1S/C22H31N3O3/c26-21(16-28-20-4-2-1-3-5-20)24-10-6-17(7-11-24)22(27)25-12-8-18-14-23-15-19(18)9-13-25/h1-5,17-19,23H,6-16H2/t18-,19+. The number of hydrogen-bond donors (Lipinski definition) is 1. The molecule has 4 rings (SSSR count). The molecule has 0 aliphatic carbocycles. The van der Waals surface area contributed by atoms with Gasteiger partial charge in [-0.1, -0.05) is 18.2 Å². The first kappa shape index (κ1) is 19.2. The molecule has 3 aliphatic heterocycles. The number of para-hydroxylation sites is 1. The molecule has 0 unspecified atom stereocenters. The molecule has 6 nitrogen and oxygen atoms in total. The van der Waals surface area contributed by atoms with Crippen molar-refractivity contribution in [1.29, 1.82) is 0 Å². The van der Waals surface area contributed by atoms with Gasteiger partial charge in [-0.3, -0.25) is 9.59 Å². The summed E-state index contributed by atoms with van der Waals surface area (Å²) < 4.78 is 5.57. The first-order valence-electron chi connectivity index (χ1n) is 10.7. The largest absolute Gasteiger partial charge is 0.484 e. The number of carbonyl (C=O) groups excluding carboxylic acids is 2. The highest BCUT2D eigenvalue weighted by Crippen LogP contribution is 2.29. The lowest BCUT2D eigenvalue weighted by Crippen LogP contribution is -2.46. The van der Waals surface area contributed by atoms with E-state index in [4.69, 9.17) is 4.74 Å². The maximum absolute atomic E-state index is 13.0. The van der Waals surface area contributed by atoms with Crippen molar-refractivity contribution >= 4 is 11.8 Å². The fourth-order valence-corrected chi connectivity index (χ4v) is 4.83.